The van der Waals surface area contributed by atoms with Gasteiger partial charge < -0.3 is 21.7 Å². The minimum Gasteiger partial charge on any atom is -0.350 e. The van der Waals surface area contributed by atoms with Crippen LogP contribution in [0.5, 0.6) is 0 Å². The standard InChI is InChI=1S/C29H55FN6O3S/c1-5-7-8-14-35-15-12-25(36-16-10-22(11-17-36)40(4,38)39)24(20-35)34-28(37)26(27(31)32)23-18-29(3,6-2)13-9-21(30)19-33-23/h19,21-27H,5-18,20,31-32H2,1-4H3,(H,34,37). The minimum atomic E-state index is -3.06. The van der Waals surface area contributed by atoms with Crippen LogP contribution >= 0.6 is 0 Å². The van der Waals surface area contributed by atoms with Gasteiger partial charge in [0.05, 0.1) is 29.4 Å². The molecule has 9 nitrogen and oxygen atoms in total. The summed E-state index contributed by atoms with van der Waals surface area (Å²) in [7, 11) is -3.06. The number of halogens is 1. The van der Waals surface area contributed by atoms with Gasteiger partial charge in [0.2, 0.25) is 5.91 Å². The van der Waals surface area contributed by atoms with Gasteiger partial charge in [-0.2, -0.15) is 0 Å². The average Bonchev–Trinajstić information content (AvgIpc) is 2.89. The first-order valence-corrected chi connectivity index (χ1v) is 17.5. The second-order valence-electron chi connectivity index (χ2n) is 12.9. The lowest BCUT2D eigenvalue weighted by Crippen LogP contribution is -2.64. The highest BCUT2D eigenvalue weighted by molar-refractivity contribution is 7.91. The summed E-state index contributed by atoms with van der Waals surface area (Å²) in [6.45, 7) is 10.5. The van der Waals surface area contributed by atoms with Gasteiger partial charge >= 0.3 is 0 Å². The summed E-state index contributed by atoms with van der Waals surface area (Å²) >= 11 is 0. The normalized spacial score (nSPS) is 32.5. The molecule has 40 heavy (non-hydrogen) atoms. The number of unbranched alkanes of at least 4 members (excludes halogenated alkanes) is 2. The van der Waals surface area contributed by atoms with Crippen LogP contribution in [0.4, 0.5) is 4.39 Å². The van der Waals surface area contributed by atoms with E-state index in [1.807, 2.05) is 0 Å². The van der Waals surface area contributed by atoms with E-state index < -0.39 is 34.1 Å². The number of aliphatic imine (C=N–C) groups is 1. The molecule has 0 aromatic carbocycles. The predicted octanol–water partition coefficient (Wildman–Crippen LogP) is 2.48. The number of alkyl halides is 1. The Balaban J connectivity index is 1.79. The number of piperidine rings is 2. The van der Waals surface area contributed by atoms with E-state index in [1.54, 1.807) is 0 Å². The molecule has 3 heterocycles. The molecule has 1 amide bonds. The molecule has 3 rings (SSSR count). The van der Waals surface area contributed by atoms with E-state index in [0.717, 1.165) is 51.7 Å². The second kappa shape index (κ2) is 14.8. The SMILES string of the molecule is CCCCCN1CCC(N2CCC(S(C)(=O)=O)CC2)C(NC(=O)C(C(N)N)C2CC(C)(CC)CCC(F)C=N2)C1. The van der Waals surface area contributed by atoms with Gasteiger partial charge in [0.1, 0.15) is 16.0 Å². The molecule has 0 aliphatic carbocycles. The highest BCUT2D eigenvalue weighted by Gasteiger charge is 2.42. The molecule has 0 radical (unpaired) electrons. The molecule has 0 aromatic heterocycles. The number of rotatable bonds is 11. The maximum absolute atomic E-state index is 14.5. The van der Waals surface area contributed by atoms with E-state index in [0.29, 0.717) is 38.8 Å². The Labute approximate surface area is 242 Å². The van der Waals surface area contributed by atoms with Crippen molar-refractivity contribution in [1.29, 1.82) is 0 Å². The van der Waals surface area contributed by atoms with Crippen molar-refractivity contribution in [2.24, 2.45) is 27.8 Å². The van der Waals surface area contributed by atoms with Gasteiger partial charge in [-0.15, -0.1) is 0 Å². The van der Waals surface area contributed by atoms with Crippen molar-refractivity contribution in [3.8, 4) is 0 Å². The molecule has 3 aliphatic rings. The second-order valence-corrected chi connectivity index (χ2v) is 15.3. The molecule has 2 fully saturated rings. The fourth-order valence-corrected chi connectivity index (χ4v) is 7.93. The molecule has 3 aliphatic heterocycles. The quantitative estimate of drug-likeness (QED) is 0.250. The van der Waals surface area contributed by atoms with Gasteiger partial charge in [-0.25, -0.2) is 12.8 Å². The maximum Gasteiger partial charge on any atom is 0.228 e. The molecule has 5 N–H and O–H groups in total. The van der Waals surface area contributed by atoms with E-state index >= 15 is 0 Å². The van der Waals surface area contributed by atoms with E-state index in [9.17, 15) is 17.6 Å². The molecule has 2 saturated heterocycles. The number of nitrogens with one attached hydrogen (secondary N) is 1. The van der Waals surface area contributed by atoms with Crippen LogP contribution in [0, 0.1) is 11.3 Å². The summed E-state index contributed by atoms with van der Waals surface area (Å²) in [6.07, 6.45) is 8.83. The monoisotopic (exact) mass is 586 g/mol. The van der Waals surface area contributed by atoms with Crippen LogP contribution in [0.2, 0.25) is 0 Å². The Morgan fingerprint density at radius 1 is 1.15 bits per heavy atom. The lowest BCUT2D eigenvalue weighted by Gasteiger charge is -2.46. The zero-order valence-corrected chi connectivity index (χ0v) is 26.0. The largest absolute Gasteiger partial charge is 0.350 e. The van der Waals surface area contributed by atoms with Crippen molar-refractivity contribution in [2.75, 3.05) is 39.0 Å². The molecule has 0 bridgehead atoms. The molecular formula is C29H55FN6O3S. The fourth-order valence-electron chi connectivity index (χ4n) is 6.86. The van der Waals surface area contributed by atoms with Gasteiger partial charge in [-0.05, 0) is 76.5 Å². The van der Waals surface area contributed by atoms with Gasteiger partial charge in [-0.3, -0.25) is 14.7 Å². The van der Waals surface area contributed by atoms with Crippen molar-refractivity contribution >= 4 is 22.0 Å². The first-order chi connectivity index (χ1) is 18.9. The predicted molar refractivity (Wildman–Crippen MR) is 161 cm³/mol. The summed E-state index contributed by atoms with van der Waals surface area (Å²) < 4.78 is 38.7. The summed E-state index contributed by atoms with van der Waals surface area (Å²) in [4.78, 5) is 23.3. The van der Waals surface area contributed by atoms with Crippen LogP contribution < -0.4 is 16.8 Å². The Hall–Kier alpha value is -1.14. The molecular weight excluding hydrogens is 531 g/mol. The number of nitrogens with two attached hydrogens (primary N) is 2. The number of sulfone groups is 1. The number of carbonyl (C=O) groups excluding carboxylic acids is 1. The summed E-state index contributed by atoms with van der Waals surface area (Å²) in [6, 6.07) is -0.516. The third-order valence-electron chi connectivity index (χ3n) is 9.77. The van der Waals surface area contributed by atoms with E-state index in [-0.39, 0.29) is 28.7 Å². The average molecular weight is 587 g/mol. The van der Waals surface area contributed by atoms with E-state index in [4.69, 9.17) is 11.5 Å². The van der Waals surface area contributed by atoms with Crippen LogP contribution in [0.3, 0.4) is 0 Å². The molecule has 6 atom stereocenters. The fraction of sp³-hybridized carbons (Fsp3) is 0.931. The number of hydrogen-bond donors (Lipinski definition) is 3. The smallest absolute Gasteiger partial charge is 0.228 e. The van der Waals surface area contributed by atoms with Gasteiger partial charge in [0, 0.05) is 25.1 Å². The van der Waals surface area contributed by atoms with Crippen molar-refractivity contribution in [1.82, 2.24) is 15.1 Å². The Morgan fingerprint density at radius 2 is 1.85 bits per heavy atom. The number of hydrogen-bond acceptors (Lipinski definition) is 8. The Bertz CT molecular complexity index is 942. The number of likely N-dealkylation sites (tertiary alicyclic amines) is 2. The van der Waals surface area contributed by atoms with E-state index in [1.165, 1.54) is 18.9 Å². The molecule has 11 heteroatoms. The number of amides is 1. The van der Waals surface area contributed by atoms with Crippen molar-refractivity contribution < 1.29 is 17.6 Å². The molecule has 0 spiro atoms. The van der Waals surface area contributed by atoms with Crippen LogP contribution in [0.15, 0.2) is 4.99 Å². The molecule has 0 saturated carbocycles. The zero-order chi connectivity index (χ0) is 29.5. The third kappa shape index (κ3) is 9.18. The van der Waals surface area contributed by atoms with Gasteiger partial charge in [-0.1, -0.05) is 40.0 Å². The van der Waals surface area contributed by atoms with Crippen molar-refractivity contribution in [3.63, 3.8) is 0 Å². The molecule has 6 unspecified atom stereocenters. The van der Waals surface area contributed by atoms with Crippen LogP contribution in [0.1, 0.15) is 85.0 Å². The first kappa shape index (κ1) is 33.4. The summed E-state index contributed by atoms with van der Waals surface area (Å²) in [5.74, 6) is -0.984. The van der Waals surface area contributed by atoms with E-state index in [2.05, 4.69) is 40.9 Å². The van der Waals surface area contributed by atoms with Crippen LogP contribution in [-0.4, -0.2) is 105 Å². The summed E-state index contributed by atoms with van der Waals surface area (Å²) in [5.41, 5.74) is 12.3. The van der Waals surface area contributed by atoms with Crippen LogP contribution in [-0.2, 0) is 14.6 Å². The number of carbonyl (C=O) groups is 1. The lowest BCUT2D eigenvalue weighted by molar-refractivity contribution is -0.128. The summed E-state index contributed by atoms with van der Waals surface area (Å²) in [5, 5.41) is 3.03. The highest BCUT2D eigenvalue weighted by atomic mass is 32.2. The highest BCUT2D eigenvalue weighted by Crippen LogP contribution is 2.38. The lowest BCUT2D eigenvalue weighted by atomic mass is 9.73. The Kier molecular flexibility index (Phi) is 12.4. The minimum absolute atomic E-state index is 0.110. The first-order valence-electron chi connectivity index (χ1n) is 15.5. The van der Waals surface area contributed by atoms with Gasteiger partial charge in [0.15, 0.2) is 0 Å². The maximum atomic E-state index is 14.5. The molecule has 232 valence electrons. The Morgan fingerprint density at radius 3 is 2.45 bits per heavy atom. The molecule has 0 aromatic rings. The zero-order valence-electron chi connectivity index (χ0n) is 25.2. The third-order valence-corrected chi connectivity index (χ3v) is 11.4. The topological polar surface area (TPSA) is 134 Å². The van der Waals surface area contributed by atoms with Crippen molar-refractivity contribution in [3.05, 3.63) is 0 Å². The van der Waals surface area contributed by atoms with Crippen molar-refractivity contribution in [2.45, 2.75) is 121 Å². The number of nitrogens with zero attached hydrogens (tertiary/aromatic N) is 3. The van der Waals surface area contributed by atoms with Crippen LogP contribution in [0.25, 0.3) is 0 Å². The van der Waals surface area contributed by atoms with Gasteiger partial charge in [0.25, 0.3) is 0 Å².